The van der Waals surface area contributed by atoms with Gasteiger partial charge in [-0.05, 0) is 0 Å². The van der Waals surface area contributed by atoms with Crippen molar-refractivity contribution >= 4 is 18.8 Å². The van der Waals surface area contributed by atoms with Crippen LogP contribution in [0, 0.1) is 6.08 Å². The summed E-state index contributed by atoms with van der Waals surface area (Å²) >= 11 is -0.472. The van der Waals surface area contributed by atoms with Gasteiger partial charge in [0.25, 0.3) is 0 Å². The van der Waals surface area contributed by atoms with Crippen molar-refractivity contribution in [1.82, 2.24) is 0 Å². The van der Waals surface area contributed by atoms with Gasteiger partial charge in [-0.15, -0.1) is 6.42 Å². The van der Waals surface area contributed by atoms with E-state index >= 15 is 0 Å². The average molecular weight is 373 g/mol. The van der Waals surface area contributed by atoms with Crippen LogP contribution < -0.4 is 0 Å². The van der Waals surface area contributed by atoms with Gasteiger partial charge in [-0.25, -0.2) is 12.2 Å². The van der Waals surface area contributed by atoms with Crippen molar-refractivity contribution in [2.75, 3.05) is 0 Å². The number of hydrogen-bond donors (Lipinski definition) is 0. The van der Waals surface area contributed by atoms with Crippen LogP contribution >= 0.6 is 18.8 Å². The molecule has 0 atom stereocenters. The first-order valence-corrected chi connectivity index (χ1v) is 9.09. The maximum atomic E-state index is 4.88. The van der Waals surface area contributed by atoms with Crippen LogP contribution in [-0.4, -0.2) is 0 Å². The SMILES string of the molecule is [C-]1=C/C=C\CCCC1.[Cl][Pt+2][Cl]. The molecule has 0 nitrogen and oxygen atoms in total. The summed E-state index contributed by atoms with van der Waals surface area (Å²) in [6.45, 7) is 0. The summed E-state index contributed by atoms with van der Waals surface area (Å²) in [4.78, 5) is 0. The molecule has 11 heavy (non-hydrogen) atoms. The number of hydrogen-bond acceptors (Lipinski definition) is 0. The Balaban J connectivity index is 0.000000292. The van der Waals surface area contributed by atoms with Gasteiger partial charge < -0.3 is 0 Å². The van der Waals surface area contributed by atoms with Crippen LogP contribution in [0.15, 0.2) is 18.2 Å². The molecule has 1 aliphatic carbocycles. The predicted molar refractivity (Wildman–Crippen MR) is 47.1 cm³/mol. The molecule has 1 rings (SSSR count). The van der Waals surface area contributed by atoms with Crippen molar-refractivity contribution in [2.24, 2.45) is 0 Å². The molecule has 0 aliphatic heterocycles. The van der Waals surface area contributed by atoms with E-state index in [-0.39, 0.29) is 0 Å². The van der Waals surface area contributed by atoms with E-state index in [0.717, 1.165) is 6.42 Å². The standard InChI is InChI=1S/C8H11.2ClH.Pt/c1-2-4-6-8-7-5-3-1;;;/h1-3H,4,6-8H2;2*1H;/q-1;;;+4/p-2/b2-1-;;;. The zero-order chi connectivity index (χ0) is 8.36. The molecule has 0 heterocycles. The van der Waals surface area contributed by atoms with Gasteiger partial charge in [0.2, 0.25) is 0 Å². The fourth-order valence-electron chi connectivity index (χ4n) is 0.805. The number of rotatable bonds is 0. The van der Waals surface area contributed by atoms with Crippen LogP contribution in [-0.2, 0) is 16.5 Å². The molecule has 3 heteroatoms. The summed E-state index contributed by atoms with van der Waals surface area (Å²) in [5.41, 5.74) is 0. The third-order valence-electron chi connectivity index (χ3n) is 1.29. The van der Waals surface area contributed by atoms with E-state index in [1.54, 1.807) is 0 Å². The van der Waals surface area contributed by atoms with Crippen molar-refractivity contribution in [3.05, 3.63) is 24.3 Å². The fraction of sp³-hybridized carbons (Fsp3) is 0.500. The second kappa shape index (κ2) is 10.7. The Morgan fingerprint density at radius 2 is 2.00 bits per heavy atom. The molecule has 0 spiro atoms. The van der Waals surface area contributed by atoms with Gasteiger partial charge >= 0.3 is 35.3 Å². The van der Waals surface area contributed by atoms with Gasteiger partial charge in [-0.3, -0.25) is 6.08 Å². The Labute approximate surface area is 85.0 Å². The van der Waals surface area contributed by atoms with Gasteiger partial charge in [-0.1, -0.05) is 19.3 Å². The van der Waals surface area contributed by atoms with Gasteiger partial charge in [0.1, 0.15) is 0 Å². The van der Waals surface area contributed by atoms with Crippen LogP contribution in [0.25, 0.3) is 0 Å². The summed E-state index contributed by atoms with van der Waals surface area (Å²) < 4.78 is 0. The van der Waals surface area contributed by atoms with E-state index in [1.807, 2.05) is 6.08 Å². The summed E-state index contributed by atoms with van der Waals surface area (Å²) in [5, 5.41) is 0. The normalized spacial score (nSPS) is 19.5. The minimum atomic E-state index is -0.472. The molecule has 0 saturated heterocycles. The number of allylic oxidation sites excluding steroid dienone is 4. The van der Waals surface area contributed by atoms with Gasteiger partial charge in [0.05, 0.1) is 0 Å². The van der Waals surface area contributed by atoms with Gasteiger partial charge in [-0.2, -0.15) is 6.08 Å². The summed E-state index contributed by atoms with van der Waals surface area (Å²) in [6.07, 6.45) is 14.5. The van der Waals surface area contributed by atoms with Crippen molar-refractivity contribution in [1.29, 1.82) is 0 Å². The van der Waals surface area contributed by atoms with E-state index in [2.05, 4.69) is 18.2 Å². The molecule has 0 saturated carbocycles. The Morgan fingerprint density at radius 1 is 1.27 bits per heavy atom. The molecule has 66 valence electrons. The molecule has 0 aromatic carbocycles. The zero-order valence-corrected chi connectivity index (χ0v) is 9.92. The van der Waals surface area contributed by atoms with Crippen molar-refractivity contribution in [3.8, 4) is 0 Å². The first-order chi connectivity index (χ1) is 5.41. The zero-order valence-electron chi connectivity index (χ0n) is 6.13. The molecule has 0 bridgehead atoms. The molecular formula is C8H11Cl2Pt+. The topological polar surface area (TPSA) is 0 Å². The second-order valence-electron chi connectivity index (χ2n) is 2.09. The molecule has 0 unspecified atom stereocenters. The minimum absolute atomic E-state index is 0.472. The Morgan fingerprint density at radius 3 is 2.73 bits per heavy atom. The van der Waals surface area contributed by atoms with Crippen LogP contribution in [0.4, 0.5) is 0 Å². The van der Waals surface area contributed by atoms with Gasteiger partial charge in [0.15, 0.2) is 0 Å². The summed E-state index contributed by atoms with van der Waals surface area (Å²) in [7, 11) is 9.75. The summed E-state index contributed by atoms with van der Waals surface area (Å²) in [5.74, 6) is 0. The van der Waals surface area contributed by atoms with Crippen LogP contribution in [0.1, 0.15) is 25.7 Å². The molecule has 0 amide bonds. The van der Waals surface area contributed by atoms with E-state index in [0.29, 0.717) is 0 Å². The van der Waals surface area contributed by atoms with E-state index in [9.17, 15) is 0 Å². The first-order valence-electron chi connectivity index (χ1n) is 3.46. The maximum absolute atomic E-state index is 4.88. The predicted octanol–water partition coefficient (Wildman–Crippen LogP) is 3.85. The third-order valence-corrected chi connectivity index (χ3v) is 1.29. The molecule has 0 radical (unpaired) electrons. The Kier molecular flexibility index (Phi) is 11.5. The van der Waals surface area contributed by atoms with Crippen LogP contribution in [0.3, 0.4) is 0 Å². The van der Waals surface area contributed by atoms with Gasteiger partial charge in [0, 0.05) is 0 Å². The van der Waals surface area contributed by atoms with E-state index < -0.39 is 16.5 Å². The number of halogens is 2. The van der Waals surface area contributed by atoms with Crippen LogP contribution in [0.5, 0.6) is 0 Å². The molecule has 0 N–H and O–H groups in total. The average Bonchev–Trinajstić information content (AvgIpc) is 1.86. The molecule has 0 aromatic heterocycles. The van der Waals surface area contributed by atoms with E-state index in [4.69, 9.17) is 18.8 Å². The Bertz CT molecular complexity index is 107. The van der Waals surface area contributed by atoms with Crippen molar-refractivity contribution in [3.63, 3.8) is 0 Å². The quantitative estimate of drug-likeness (QED) is 0.566. The van der Waals surface area contributed by atoms with Crippen LogP contribution in [0.2, 0.25) is 0 Å². The van der Waals surface area contributed by atoms with Crippen molar-refractivity contribution < 1.29 is 16.5 Å². The Hall–Kier alpha value is 0.748. The second-order valence-corrected chi connectivity index (χ2v) is 5.37. The molecule has 0 fully saturated rings. The van der Waals surface area contributed by atoms with Crippen molar-refractivity contribution in [2.45, 2.75) is 25.7 Å². The third kappa shape index (κ3) is 10.7. The fourth-order valence-corrected chi connectivity index (χ4v) is 0.805. The van der Waals surface area contributed by atoms with E-state index in [1.165, 1.54) is 19.3 Å². The molecular weight excluding hydrogens is 362 g/mol. The molecule has 0 aromatic rings. The molecule has 1 aliphatic rings. The first kappa shape index (κ1) is 11.7. The monoisotopic (exact) mass is 372 g/mol. The summed E-state index contributed by atoms with van der Waals surface area (Å²) in [6, 6.07) is 0.